The van der Waals surface area contributed by atoms with Crippen LogP contribution in [0, 0.1) is 0 Å². The SMILES string of the molecule is CC1CN(C(=O)C(=O)Nc2cc(C(F)(F)F)cc(C(F)(F)F)c2)CC(C)(C)O1. The fourth-order valence-corrected chi connectivity index (χ4v) is 2.96. The van der Waals surface area contributed by atoms with Crippen LogP contribution in [0.2, 0.25) is 0 Å². The molecule has 1 fully saturated rings. The molecule has 0 aliphatic carbocycles. The highest BCUT2D eigenvalue weighted by Gasteiger charge is 2.38. The molecule has 28 heavy (non-hydrogen) atoms. The summed E-state index contributed by atoms with van der Waals surface area (Å²) in [6.45, 7) is 5.14. The summed E-state index contributed by atoms with van der Waals surface area (Å²) >= 11 is 0. The number of benzene rings is 1. The Labute approximate surface area is 156 Å². The van der Waals surface area contributed by atoms with Crippen molar-refractivity contribution < 1.29 is 40.7 Å². The van der Waals surface area contributed by atoms with Gasteiger partial charge >= 0.3 is 24.2 Å². The Bertz CT molecular complexity index is 741. The molecule has 0 saturated carbocycles. The third-order valence-electron chi connectivity index (χ3n) is 3.90. The van der Waals surface area contributed by atoms with Crippen molar-refractivity contribution in [2.45, 2.75) is 44.8 Å². The smallest absolute Gasteiger partial charge is 0.369 e. The van der Waals surface area contributed by atoms with Crippen LogP contribution in [0.25, 0.3) is 0 Å². The van der Waals surface area contributed by atoms with Crippen molar-refractivity contribution in [1.29, 1.82) is 0 Å². The van der Waals surface area contributed by atoms with Crippen LogP contribution in [0.4, 0.5) is 32.0 Å². The minimum Gasteiger partial charge on any atom is -0.369 e. The molecular formula is C17H18F6N2O3. The Morgan fingerprint density at radius 3 is 2.00 bits per heavy atom. The summed E-state index contributed by atoms with van der Waals surface area (Å²) in [5.41, 5.74) is -4.72. The Kier molecular flexibility index (Phi) is 5.71. The molecule has 0 bridgehead atoms. The average Bonchev–Trinajstić information content (AvgIpc) is 2.50. The van der Waals surface area contributed by atoms with E-state index in [1.165, 1.54) is 0 Å². The summed E-state index contributed by atoms with van der Waals surface area (Å²) in [5, 5.41) is 1.84. The van der Waals surface area contributed by atoms with Gasteiger partial charge < -0.3 is 15.0 Å². The predicted octanol–water partition coefficient (Wildman–Crippen LogP) is 3.69. The van der Waals surface area contributed by atoms with Crippen LogP contribution in [-0.4, -0.2) is 41.5 Å². The molecule has 1 aliphatic rings. The first-order valence-electron chi connectivity index (χ1n) is 8.16. The summed E-state index contributed by atoms with van der Waals surface area (Å²) < 4.78 is 82.9. The molecule has 156 valence electrons. The average molecular weight is 412 g/mol. The molecule has 1 N–H and O–H groups in total. The number of carbonyl (C=O) groups excluding carboxylic acids is 2. The van der Waals surface area contributed by atoms with Crippen LogP contribution >= 0.6 is 0 Å². The van der Waals surface area contributed by atoms with Crippen molar-refractivity contribution >= 4 is 17.5 Å². The number of amides is 2. The zero-order chi connectivity index (χ0) is 21.5. The molecule has 1 heterocycles. The van der Waals surface area contributed by atoms with E-state index in [4.69, 9.17) is 4.74 Å². The van der Waals surface area contributed by atoms with Crippen molar-refractivity contribution in [2.75, 3.05) is 18.4 Å². The van der Waals surface area contributed by atoms with Gasteiger partial charge in [0.2, 0.25) is 0 Å². The normalized spacial score (nSPS) is 20.0. The third-order valence-corrected chi connectivity index (χ3v) is 3.90. The fraction of sp³-hybridized carbons (Fsp3) is 0.529. The van der Waals surface area contributed by atoms with Crippen molar-refractivity contribution in [3.63, 3.8) is 0 Å². The van der Waals surface area contributed by atoms with E-state index in [2.05, 4.69) is 0 Å². The molecule has 2 amide bonds. The van der Waals surface area contributed by atoms with Gasteiger partial charge in [-0.25, -0.2) is 0 Å². The van der Waals surface area contributed by atoms with E-state index >= 15 is 0 Å². The molecule has 0 radical (unpaired) electrons. The van der Waals surface area contributed by atoms with Crippen molar-refractivity contribution in [1.82, 2.24) is 4.90 Å². The number of anilines is 1. The van der Waals surface area contributed by atoms with Crippen LogP contribution in [0.1, 0.15) is 31.9 Å². The predicted molar refractivity (Wildman–Crippen MR) is 86.3 cm³/mol. The molecule has 1 unspecified atom stereocenters. The quantitative estimate of drug-likeness (QED) is 0.566. The van der Waals surface area contributed by atoms with E-state index in [1.807, 2.05) is 5.32 Å². The maximum absolute atomic E-state index is 12.9. The Morgan fingerprint density at radius 2 is 1.57 bits per heavy atom. The summed E-state index contributed by atoms with van der Waals surface area (Å²) in [6.07, 6.45) is -10.5. The van der Waals surface area contributed by atoms with E-state index in [1.54, 1.807) is 20.8 Å². The van der Waals surface area contributed by atoms with Gasteiger partial charge in [-0.2, -0.15) is 26.3 Å². The number of ether oxygens (including phenoxy) is 1. The third kappa shape index (κ3) is 5.37. The number of halogens is 6. The van der Waals surface area contributed by atoms with Gasteiger partial charge in [0.1, 0.15) is 0 Å². The molecule has 0 aromatic heterocycles. The van der Waals surface area contributed by atoms with Crippen molar-refractivity contribution in [3.05, 3.63) is 29.3 Å². The number of alkyl halides is 6. The lowest BCUT2D eigenvalue weighted by molar-refractivity contribution is -0.162. The maximum Gasteiger partial charge on any atom is 0.416 e. The first kappa shape index (κ1) is 22.0. The van der Waals surface area contributed by atoms with Gasteiger partial charge in [0.25, 0.3) is 0 Å². The first-order valence-corrected chi connectivity index (χ1v) is 8.16. The number of carbonyl (C=O) groups is 2. The lowest BCUT2D eigenvalue weighted by Crippen LogP contribution is -2.56. The van der Waals surface area contributed by atoms with Gasteiger partial charge in [-0.3, -0.25) is 9.59 Å². The minimum atomic E-state index is -5.06. The molecule has 0 spiro atoms. The molecule has 1 saturated heterocycles. The summed E-state index contributed by atoms with van der Waals surface area (Å²) in [4.78, 5) is 25.6. The lowest BCUT2D eigenvalue weighted by Gasteiger charge is -2.41. The highest BCUT2D eigenvalue weighted by atomic mass is 19.4. The molecule has 1 aromatic rings. The number of morpholine rings is 1. The largest absolute Gasteiger partial charge is 0.416 e. The van der Waals surface area contributed by atoms with Crippen LogP contribution in [0.3, 0.4) is 0 Å². The van der Waals surface area contributed by atoms with Crippen molar-refractivity contribution in [3.8, 4) is 0 Å². The second kappa shape index (κ2) is 7.26. The Morgan fingerprint density at radius 1 is 1.07 bits per heavy atom. The highest BCUT2D eigenvalue weighted by Crippen LogP contribution is 2.37. The van der Waals surface area contributed by atoms with Crippen LogP contribution < -0.4 is 5.32 Å². The number of hydrogen-bond acceptors (Lipinski definition) is 3. The van der Waals surface area contributed by atoms with Crippen LogP contribution in [-0.2, 0) is 26.7 Å². The molecule has 1 aliphatic heterocycles. The van der Waals surface area contributed by atoms with Crippen LogP contribution in [0.5, 0.6) is 0 Å². The van der Waals surface area contributed by atoms with Crippen molar-refractivity contribution in [2.24, 2.45) is 0 Å². The van der Waals surface area contributed by atoms with E-state index in [0.29, 0.717) is 12.1 Å². The van der Waals surface area contributed by atoms with E-state index in [9.17, 15) is 35.9 Å². The van der Waals surface area contributed by atoms with E-state index in [0.717, 1.165) is 4.90 Å². The summed E-state index contributed by atoms with van der Waals surface area (Å²) in [5.74, 6) is -2.41. The zero-order valence-electron chi connectivity index (χ0n) is 15.2. The van der Waals surface area contributed by atoms with Crippen LogP contribution in [0.15, 0.2) is 18.2 Å². The Balaban J connectivity index is 2.26. The fourth-order valence-electron chi connectivity index (χ4n) is 2.96. The first-order chi connectivity index (χ1) is 12.6. The van der Waals surface area contributed by atoms with Gasteiger partial charge in [0.15, 0.2) is 0 Å². The second-order valence-corrected chi connectivity index (χ2v) is 7.12. The topological polar surface area (TPSA) is 58.6 Å². The monoisotopic (exact) mass is 412 g/mol. The summed E-state index contributed by atoms with van der Waals surface area (Å²) in [6, 6.07) is 0.613. The van der Waals surface area contributed by atoms with Gasteiger partial charge in [0.05, 0.1) is 22.8 Å². The second-order valence-electron chi connectivity index (χ2n) is 7.12. The maximum atomic E-state index is 12.9. The lowest BCUT2D eigenvalue weighted by atomic mass is 10.1. The molecule has 11 heteroatoms. The Hall–Kier alpha value is -2.30. The van der Waals surface area contributed by atoms with Gasteiger partial charge in [-0.15, -0.1) is 0 Å². The molecular weight excluding hydrogens is 394 g/mol. The minimum absolute atomic E-state index is 0.0417. The standard InChI is InChI=1S/C17H18F6N2O3/c1-9-7-25(8-15(2,3)28-9)14(27)13(26)24-12-5-10(16(18,19)20)4-11(6-12)17(21,22)23/h4-6,9H,7-8H2,1-3H3,(H,24,26). The highest BCUT2D eigenvalue weighted by molar-refractivity contribution is 6.39. The summed E-state index contributed by atoms with van der Waals surface area (Å²) in [7, 11) is 0. The number of nitrogens with zero attached hydrogens (tertiary/aromatic N) is 1. The van der Waals surface area contributed by atoms with Gasteiger partial charge in [-0.1, -0.05) is 0 Å². The number of nitrogens with one attached hydrogen (secondary N) is 1. The van der Waals surface area contributed by atoms with Gasteiger partial charge in [0, 0.05) is 18.8 Å². The zero-order valence-corrected chi connectivity index (χ0v) is 15.2. The number of rotatable bonds is 1. The molecule has 1 atom stereocenters. The molecule has 5 nitrogen and oxygen atoms in total. The molecule has 1 aromatic carbocycles. The van der Waals surface area contributed by atoms with Gasteiger partial charge in [-0.05, 0) is 39.0 Å². The number of hydrogen-bond donors (Lipinski definition) is 1. The molecule has 2 rings (SSSR count). The van der Waals surface area contributed by atoms with E-state index in [-0.39, 0.29) is 19.2 Å². The van der Waals surface area contributed by atoms with E-state index < -0.39 is 52.7 Å².